The van der Waals surface area contributed by atoms with Gasteiger partial charge in [0.15, 0.2) is 0 Å². The lowest BCUT2D eigenvalue weighted by Crippen LogP contribution is -2.33. The smallest absolute Gasteiger partial charge is 0.221 e. The first kappa shape index (κ1) is 20.9. The van der Waals surface area contributed by atoms with Crippen molar-refractivity contribution in [1.82, 2.24) is 10.3 Å². The Hall–Kier alpha value is -3.40. The fraction of sp³-hybridized carbons (Fsp3) is 0.222. The maximum absolute atomic E-state index is 14.0. The van der Waals surface area contributed by atoms with E-state index in [2.05, 4.69) is 22.4 Å². The fourth-order valence-electron chi connectivity index (χ4n) is 4.13. The number of fused-ring (bicyclic) bond motifs is 1. The predicted molar refractivity (Wildman–Crippen MR) is 124 cm³/mol. The van der Waals surface area contributed by atoms with Crippen molar-refractivity contribution in [3.63, 3.8) is 0 Å². The van der Waals surface area contributed by atoms with Gasteiger partial charge in [-0.1, -0.05) is 60.7 Å². The zero-order valence-corrected chi connectivity index (χ0v) is 17.6. The Balaban J connectivity index is 1.50. The maximum Gasteiger partial charge on any atom is 0.221 e. The molecule has 0 saturated heterocycles. The lowest BCUT2D eigenvalue weighted by Gasteiger charge is -2.20. The highest BCUT2D eigenvalue weighted by atomic mass is 19.1. The number of aromatic nitrogens is 1. The van der Waals surface area contributed by atoms with E-state index in [0.717, 1.165) is 34.9 Å². The van der Waals surface area contributed by atoms with Crippen LogP contribution in [-0.2, 0) is 11.2 Å². The lowest BCUT2D eigenvalue weighted by atomic mass is 9.88. The molecule has 3 nitrogen and oxygen atoms in total. The minimum Gasteiger partial charge on any atom is -0.361 e. The third-order valence-electron chi connectivity index (χ3n) is 5.75. The van der Waals surface area contributed by atoms with E-state index in [4.69, 9.17) is 0 Å². The molecule has 4 heteroatoms. The molecule has 4 rings (SSSR count). The van der Waals surface area contributed by atoms with Crippen LogP contribution in [0.3, 0.4) is 0 Å². The minimum atomic E-state index is -0.293. The lowest BCUT2D eigenvalue weighted by molar-refractivity contribution is -0.121. The number of H-pyrrole nitrogens is 1. The van der Waals surface area contributed by atoms with Crippen LogP contribution in [0.25, 0.3) is 10.9 Å². The molecule has 1 aromatic heterocycles. The van der Waals surface area contributed by atoms with Gasteiger partial charge in [0.25, 0.3) is 0 Å². The summed E-state index contributed by atoms with van der Waals surface area (Å²) < 4.78 is 14.0. The van der Waals surface area contributed by atoms with E-state index in [1.807, 2.05) is 61.7 Å². The van der Waals surface area contributed by atoms with E-state index in [-0.39, 0.29) is 30.1 Å². The van der Waals surface area contributed by atoms with Crippen molar-refractivity contribution in [3.05, 3.63) is 108 Å². The van der Waals surface area contributed by atoms with Crippen LogP contribution in [0.4, 0.5) is 4.39 Å². The molecule has 2 atom stereocenters. The van der Waals surface area contributed by atoms with Gasteiger partial charge in [0.2, 0.25) is 5.91 Å². The zero-order chi connectivity index (χ0) is 21.6. The Kier molecular flexibility index (Phi) is 6.46. The summed E-state index contributed by atoms with van der Waals surface area (Å²) in [5.41, 5.74) is 4.08. The summed E-state index contributed by atoms with van der Waals surface area (Å²) in [6, 6.07) is 24.9. The molecule has 4 aromatic rings. The van der Waals surface area contributed by atoms with Crippen LogP contribution in [-0.4, -0.2) is 16.9 Å². The second-order valence-electron chi connectivity index (χ2n) is 8.09. The molecule has 0 aliphatic carbocycles. The standard InChI is InChI=1S/C27H27FN2O/c1-19(14-15-20-8-3-2-4-9-20)30-27(31)17-24(21-10-7-11-22(28)16-21)25-18-29-26-13-6-5-12-23(25)26/h2-13,16,18-19,24,29H,14-15,17H2,1H3,(H,30,31)/t19-,24+/m0/s1. The molecule has 1 amide bonds. The maximum atomic E-state index is 14.0. The van der Waals surface area contributed by atoms with Gasteiger partial charge in [-0.15, -0.1) is 0 Å². The molecule has 0 radical (unpaired) electrons. The number of carbonyl (C=O) groups excluding carboxylic acids is 1. The molecule has 0 aliphatic rings. The van der Waals surface area contributed by atoms with Crippen molar-refractivity contribution in [2.45, 2.75) is 38.1 Å². The molecule has 31 heavy (non-hydrogen) atoms. The molecule has 1 heterocycles. The third-order valence-corrected chi connectivity index (χ3v) is 5.75. The monoisotopic (exact) mass is 414 g/mol. The number of nitrogens with one attached hydrogen (secondary N) is 2. The number of hydrogen-bond acceptors (Lipinski definition) is 1. The van der Waals surface area contributed by atoms with Crippen molar-refractivity contribution in [2.24, 2.45) is 0 Å². The number of halogens is 1. The SMILES string of the molecule is C[C@@H](CCc1ccccc1)NC(=O)C[C@H](c1cccc(F)c1)c1c[nH]c2ccccc12. The van der Waals surface area contributed by atoms with Gasteiger partial charge in [0, 0.05) is 35.5 Å². The van der Waals surface area contributed by atoms with Gasteiger partial charge < -0.3 is 10.3 Å². The second kappa shape index (κ2) is 9.61. The van der Waals surface area contributed by atoms with E-state index < -0.39 is 0 Å². The number of para-hydroxylation sites is 1. The average molecular weight is 415 g/mol. The number of benzene rings is 3. The molecule has 158 valence electrons. The highest BCUT2D eigenvalue weighted by molar-refractivity contribution is 5.86. The molecule has 0 fully saturated rings. The molecular formula is C27H27FN2O. The van der Waals surface area contributed by atoms with Gasteiger partial charge >= 0.3 is 0 Å². The summed E-state index contributed by atoms with van der Waals surface area (Å²) in [4.78, 5) is 16.2. The largest absolute Gasteiger partial charge is 0.361 e. The van der Waals surface area contributed by atoms with Crippen LogP contribution in [0, 0.1) is 5.82 Å². The van der Waals surface area contributed by atoms with Gasteiger partial charge in [-0.25, -0.2) is 4.39 Å². The van der Waals surface area contributed by atoms with E-state index in [1.54, 1.807) is 6.07 Å². The first-order valence-corrected chi connectivity index (χ1v) is 10.7. The topological polar surface area (TPSA) is 44.9 Å². The summed E-state index contributed by atoms with van der Waals surface area (Å²) in [5.74, 6) is -0.549. The molecular weight excluding hydrogens is 387 g/mol. The number of aryl methyl sites for hydroxylation is 1. The quantitative estimate of drug-likeness (QED) is 0.367. The van der Waals surface area contributed by atoms with E-state index in [0.29, 0.717) is 0 Å². The van der Waals surface area contributed by atoms with Crippen molar-refractivity contribution >= 4 is 16.8 Å². The van der Waals surface area contributed by atoms with Crippen molar-refractivity contribution in [2.75, 3.05) is 0 Å². The summed E-state index contributed by atoms with van der Waals surface area (Å²) in [6.07, 6.45) is 3.98. The van der Waals surface area contributed by atoms with Crippen LogP contribution in [0.15, 0.2) is 85.1 Å². The van der Waals surface area contributed by atoms with Crippen molar-refractivity contribution < 1.29 is 9.18 Å². The Morgan fingerprint density at radius 3 is 2.58 bits per heavy atom. The average Bonchev–Trinajstić information content (AvgIpc) is 3.21. The van der Waals surface area contributed by atoms with Crippen molar-refractivity contribution in [3.8, 4) is 0 Å². The highest BCUT2D eigenvalue weighted by Crippen LogP contribution is 2.33. The number of carbonyl (C=O) groups is 1. The van der Waals surface area contributed by atoms with E-state index in [9.17, 15) is 9.18 Å². The number of rotatable bonds is 8. The molecule has 0 bridgehead atoms. The highest BCUT2D eigenvalue weighted by Gasteiger charge is 2.22. The van der Waals surface area contributed by atoms with E-state index in [1.165, 1.54) is 17.7 Å². The van der Waals surface area contributed by atoms with Crippen LogP contribution in [0.5, 0.6) is 0 Å². The van der Waals surface area contributed by atoms with Crippen LogP contribution >= 0.6 is 0 Å². The Morgan fingerprint density at radius 1 is 1.00 bits per heavy atom. The summed E-state index contributed by atoms with van der Waals surface area (Å²) in [5, 5.41) is 4.19. The zero-order valence-electron chi connectivity index (χ0n) is 17.6. The summed E-state index contributed by atoms with van der Waals surface area (Å²) >= 11 is 0. The summed E-state index contributed by atoms with van der Waals surface area (Å²) in [6.45, 7) is 2.03. The molecule has 0 spiro atoms. The molecule has 0 saturated carbocycles. The van der Waals surface area contributed by atoms with E-state index >= 15 is 0 Å². The van der Waals surface area contributed by atoms with Gasteiger partial charge in [0.1, 0.15) is 5.82 Å². The molecule has 0 unspecified atom stereocenters. The normalized spacial score (nSPS) is 13.1. The fourth-order valence-corrected chi connectivity index (χ4v) is 4.13. The molecule has 2 N–H and O–H groups in total. The van der Waals surface area contributed by atoms with Crippen LogP contribution in [0.2, 0.25) is 0 Å². The van der Waals surface area contributed by atoms with Gasteiger partial charge in [-0.05, 0) is 54.7 Å². The summed E-state index contributed by atoms with van der Waals surface area (Å²) in [7, 11) is 0. The second-order valence-corrected chi connectivity index (χ2v) is 8.09. The first-order chi connectivity index (χ1) is 15.1. The molecule has 3 aromatic carbocycles. The Bertz CT molecular complexity index is 1150. The van der Waals surface area contributed by atoms with Crippen molar-refractivity contribution in [1.29, 1.82) is 0 Å². The van der Waals surface area contributed by atoms with Gasteiger partial charge in [-0.2, -0.15) is 0 Å². The Morgan fingerprint density at radius 2 is 1.77 bits per heavy atom. The number of aromatic amines is 1. The first-order valence-electron chi connectivity index (χ1n) is 10.7. The number of amides is 1. The number of hydrogen-bond donors (Lipinski definition) is 2. The molecule has 0 aliphatic heterocycles. The van der Waals surface area contributed by atoms with Crippen LogP contribution < -0.4 is 5.32 Å². The predicted octanol–water partition coefficient (Wildman–Crippen LogP) is 5.97. The van der Waals surface area contributed by atoms with Gasteiger partial charge in [-0.3, -0.25) is 4.79 Å². The third kappa shape index (κ3) is 5.21. The van der Waals surface area contributed by atoms with Crippen LogP contribution in [0.1, 0.15) is 42.4 Å². The minimum absolute atomic E-state index is 0.0277. The van der Waals surface area contributed by atoms with Gasteiger partial charge in [0.05, 0.1) is 0 Å². The Labute approximate surface area is 182 Å².